The van der Waals surface area contributed by atoms with E-state index in [0.717, 1.165) is 12.0 Å². The molecular formula is C10H16ClN5O2. The number of nitrogens with one attached hydrogen (secondary N) is 1. The molecule has 0 aliphatic carbocycles. The summed E-state index contributed by atoms with van der Waals surface area (Å²) in [7, 11) is 0. The number of guanidine groups is 1. The van der Waals surface area contributed by atoms with E-state index in [1.807, 2.05) is 13.0 Å². The van der Waals surface area contributed by atoms with Crippen molar-refractivity contribution >= 4 is 24.1 Å². The van der Waals surface area contributed by atoms with Gasteiger partial charge in [-0.1, -0.05) is 24.5 Å². The summed E-state index contributed by atoms with van der Waals surface area (Å²) in [6.45, 7) is 1.98. The number of aliphatic imine (C=N–C) groups is 1. The van der Waals surface area contributed by atoms with Gasteiger partial charge in [-0.25, -0.2) is 15.1 Å². The van der Waals surface area contributed by atoms with Crippen molar-refractivity contribution in [2.45, 2.75) is 19.4 Å². The molecule has 1 aromatic carbocycles. The molecule has 0 saturated carbocycles. The van der Waals surface area contributed by atoms with Gasteiger partial charge in [0.25, 0.3) is 5.96 Å². The third kappa shape index (κ3) is 4.98. The fourth-order valence-electron chi connectivity index (χ4n) is 1.32. The quantitative estimate of drug-likeness (QED) is 0.330. The van der Waals surface area contributed by atoms with Crippen LogP contribution in [0.25, 0.3) is 0 Å². The van der Waals surface area contributed by atoms with Crippen LogP contribution in [-0.2, 0) is 0 Å². The van der Waals surface area contributed by atoms with Crippen LogP contribution < -0.4 is 16.9 Å². The molecule has 5 N–H and O–H groups in total. The number of hydrogen-bond acceptors (Lipinski definition) is 4. The van der Waals surface area contributed by atoms with Gasteiger partial charge in [0.05, 0.1) is 5.69 Å². The maximum absolute atomic E-state index is 10.1. The molecule has 0 aliphatic heterocycles. The van der Waals surface area contributed by atoms with Crippen molar-refractivity contribution in [1.82, 2.24) is 5.43 Å². The van der Waals surface area contributed by atoms with Crippen molar-refractivity contribution in [3.8, 4) is 0 Å². The SMILES string of the molecule is CCC(N)c1cccc(N=C(N)N[N+](=O)[O-])c1.Cl. The summed E-state index contributed by atoms with van der Waals surface area (Å²) in [4.78, 5) is 14.0. The molecule has 0 amide bonds. The molecule has 1 aromatic rings. The number of nitrogens with two attached hydrogens (primary N) is 2. The van der Waals surface area contributed by atoms with E-state index in [-0.39, 0.29) is 24.4 Å². The minimum Gasteiger partial charge on any atom is -0.365 e. The van der Waals surface area contributed by atoms with Crippen LogP contribution in [0.4, 0.5) is 5.69 Å². The zero-order chi connectivity index (χ0) is 12.8. The number of benzene rings is 1. The summed E-state index contributed by atoms with van der Waals surface area (Å²) in [6, 6.07) is 7.03. The highest BCUT2D eigenvalue weighted by molar-refractivity contribution is 5.85. The molecule has 1 unspecified atom stereocenters. The monoisotopic (exact) mass is 273 g/mol. The first-order chi connectivity index (χ1) is 8.02. The lowest BCUT2D eigenvalue weighted by atomic mass is 10.1. The first kappa shape index (κ1) is 16.1. The van der Waals surface area contributed by atoms with E-state index in [9.17, 15) is 10.1 Å². The predicted molar refractivity (Wildman–Crippen MR) is 72.3 cm³/mol. The summed E-state index contributed by atoms with van der Waals surface area (Å²) in [5.74, 6) is -0.266. The summed E-state index contributed by atoms with van der Waals surface area (Å²) >= 11 is 0. The molecule has 18 heavy (non-hydrogen) atoms. The first-order valence-corrected chi connectivity index (χ1v) is 5.13. The lowest BCUT2D eigenvalue weighted by Gasteiger charge is -2.09. The molecular weight excluding hydrogens is 258 g/mol. The third-order valence-corrected chi connectivity index (χ3v) is 2.19. The van der Waals surface area contributed by atoms with E-state index in [1.54, 1.807) is 23.6 Å². The normalized spacial score (nSPS) is 12.4. The zero-order valence-electron chi connectivity index (χ0n) is 9.87. The van der Waals surface area contributed by atoms with E-state index < -0.39 is 5.03 Å². The smallest absolute Gasteiger partial charge is 0.256 e. The first-order valence-electron chi connectivity index (χ1n) is 5.13. The van der Waals surface area contributed by atoms with Gasteiger partial charge in [-0.3, -0.25) is 0 Å². The van der Waals surface area contributed by atoms with Gasteiger partial charge in [0.15, 0.2) is 5.03 Å². The number of halogens is 1. The second-order valence-corrected chi connectivity index (χ2v) is 3.48. The van der Waals surface area contributed by atoms with Crippen LogP contribution in [0.15, 0.2) is 29.3 Å². The second-order valence-electron chi connectivity index (χ2n) is 3.48. The fourth-order valence-corrected chi connectivity index (χ4v) is 1.32. The maximum atomic E-state index is 10.1. The summed E-state index contributed by atoms with van der Waals surface area (Å²) in [5.41, 5.74) is 14.4. The Balaban J connectivity index is 0.00000289. The molecule has 7 nitrogen and oxygen atoms in total. The average molecular weight is 274 g/mol. The van der Waals surface area contributed by atoms with Gasteiger partial charge in [0, 0.05) is 6.04 Å². The largest absolute Gasteiger partial charge is 0.365 e. The molecule has 100 valence electrons. The van der Waals surface area contributed by atoms with Crippen molar-refractivity contribution in [3.05, 3.63) is 39.9 Å². The molecule has 1 rings (SSSR count). The van der Waals surface area contributed by atoms with Crippen molar-refractivity contribution in [1.29, 1.82) is 0 Å². The van der Waals surface area contributed by atoms with E-state index in [2.05, 4.69) is 4.99 Å². The van der Waals surface area contributed by atoms with Crippen molar-refractivity contribution in [3.63, 3.8) is 0 Å². The molecule has 0 radical (unpaired) electrons. The van der Waals surface area contributed by atoms with Crippen LogP contribution in [0.1, 0.15) is 24.9 Å². The number of hydrogen-bond donors (Lipinski definition) is 3. The highest BCUT2D eigenvalue weighted by Gasteiger charge is 2.04. The van der Waals surface area contributed by atoms with E-state index in [0.29, 0.717) is 5.69 Å². The Morgan fingerprint density at radius 2 is 2.28 bits per heavy atom. The van der Waals surface area contributed by atoms with Crippen LogP contribution in [-0.4, -0.2) is 11.0 Å². The minimum absolute atomic E-state index is 0. The number of nitrogens with zero attached hydrogens (tertiary/aromatic N) is 2. The summed E-state index contributed by atoms with van der Waals surface area (Å²) in [6.07, 6.45) is 0.801. The molecule has 8 heteroatoms. The van der Waals surface area contributed by atoms with Crippen LogP contribution in [0.3, 0.4) is 0 Å². The molecule has 1 atom stereocenters. The lowest BCUT2D eigenvalue weighted by molar-refractivity contribution is -0.525. The molecule has 0 saturated heterocycles. The zero-order valence-corrected chi connectivity index (χ0v) is 10.7. The van der Waals surface area contributed by atoms with Crippen LogP contribution in [0.2, 0.25) is 0 Å². The van der Waals surface area contributed by atoms with Gasteiger partial charge in [-0.15, -0.1) is 12.4 Å². The van der Waals surface area contributed by atoms with Gasteiger partial charge < -0.3 is 11.5 Å². The van der Waals surface area contributed by atoms with Crippen molar-refractivity contribution in [2.75, 3.05) is 0 Å². The van der Waals surface area contributed by atoms with Crippen LogP contribution in [0.5, 0.6) is 0 Å². The Labute approximate surface area is 111 Å². The molecule has 0 aromatic heterocycles. The van der Waals surface area contributed by atoms with Crippen molar-refractivity contribution < 1.29 is 5.03 Å². The average Bonchev–Trinajstić information content (AvgIpc) is 2.27. The van der Waals surface area contributed by atoms with Gasteiger partial charge in [0.2, 0.25) is 0 Å². The highest BCUT2D eigenvalue weighted by atomic mass is 35.5. The number of rotatable bonds is 4. The molecule has 0 aliphatic rings. The van der Waals surface area contributed by atoms with E-state index in [1.165, 1.54) is 0 Å². The lowest BCUT2D eigenvalue weighted by Crippen LogP contribution is -2.35. The fraction of sp³-hybridized carbons (Fsp3) is 0.300. The summed E-state index contributed by atoms with van der Waals surface area (Å²) < 4.78 is 0. The van der Waals surface area contributed by atoms with Gasteiger partial charge in [0.1, 0.15) is 0 Å². The number of hydrazine groups is 1. The van der Waals surface area contributed by atoms with Crippen LogP contribution in [0, 0.1) is 10.1 Å². The highest BCUT2D eigenvalue weighted by Crippen LogP contribution is 2.19. The Bertz CT molecular complexity index is 438. The topological polar surface area (TPSA) is 120 Å². The summed E-state index contributed by atoms with van der Waals surface area (Å²) in [5, 5.41) is 9.37. The Hall–Kier alpha value is -1.86. The Morgan fingerprint density at radius 1 is 1.61 bits per heavy atom. The maximum Gasteiger partial charge on any atom is 0.256 e. The van der Waals surface area contributed by atoms with E-state index >= 15 is 0 Å². The van der Waals surface area contributed by atoms with Gasteiger partial charge >= 0.3 is 0 Å². The molecule has 0 spiro atoms. The standard InChI is InChI=1S/C10H15N5O2.ClH/c1-2-9(11)7-4-3-5-8(6-7)13-10(12)14-15(16)17;/h3-6,9H,2,11H2,1H3,(H3,12,13,14);1H. The van der Waals surface area contributed by atoms with Gasteiger partial charge in [-0.05, 0) is 24.1 Å². The molecule has 0 heterocycles. The Kier molecular flexibility index (Phi) is 6.69. The molecule has 0 bridgehead atoms. The van der Waals surface area contributed by atoms with E-state index in [4.69, 9.17) is 11.5 Å². The Morgan fingerprint density at radius 3 is 2.83 bits per heavy atom. The predicted octanol–water partition coefficient (Wildman–Crippen LogP) is 1.25. The van der Waals surface area contributed by atoms with Gasteiger partial charge in [-0.2, -0.15) is 0 Å². The van der Waals surface area contributed by atoms with Crippen LogP contribution >= 0.6 is 12.4 Å². The molecule has 0 fully saturated rings. The number of nitro groups is 1. The van der Waals surface area contributed by atoms with Crippen molar-refractivity contribution in [2.24, 2.45) is 16.5 Å². The minimum atomic E-state index is -0.763. The third-order valence-electron chi connectivity index (χ3n) is 2.19. The second kappa shape index (κ2) is 7.46.